The van der Waals surface area contributed by atoms with E-state index in [0.29, 0.717) is 6.42 Å². The Morgan fingerprint density at radius 1 is 0.969 bits per heavy atom. The van der Waals surface area contributed by atoms with Crippen LogP contribution in [0.1, 0.15) is 44.6 Å². The van der Waals surface area contributed by atoms with Gasteiger partial charge in [0.1, 0.15) is 21.8 Å². The van der Waals surface area contributed by atoms with E-state index in [1.165, 1.54) is 37.0 Å². The number of benzene rings is 2. The van der Waals surface area contributed by atoms with Crippen LogP contribution in [0.4, 0.5) is 0 Å². The topological polar surface area (TPSA) is 84.3 Å². The zero-order valence-electron chi connectivity index (χ0n) is 18.7. The summed E-state index contributed by atoms with van der Waals surface area (Å²) in [6.07, 6.45) is 6.57. The number of carboxylic acids is 1. The van der Waals surface area contributed by atoms with Crippen molar-refractivity contribution in [3.05, 3.63) is 54.1 Å². The number of aliphatic carboxylic acids is 1. The van der Waals surface area contributed by atoms with Crippen molar-refractivity contribution < 1.29 is 14.6 Å². The minimum absolute atomic E-state index is 0.431. The van der Waals surface area contributed by atoms with Crippen LogP contribution in [-0.2, 0) is 11.2 Å². The molecule has 0 aliphatic heterocycles. The monoisotopic (exact) mass is 453 g/mol. The molecule has 0 saturated carbocycles. The van der Waals surface area contributed by atoms with Crippen molar-refractivity contribution in [2.45, 2.75) is 51.5 Å². The highest BCUT2D eigenvalue weighted by molar-refractivity contribution is 7.17. The van der Waals surface area contributed by atoms with Gasteiger partial charge in [-0.05, 0) is 49.7 Å². The van der Waals surface area contributed by atoms with Gasteiger partial charge in [0.05, 0.1) is 6.61 Å². The number of aromatic nitrogens is 2. The van der Waals surface area contributed by atoms with E-state index in [1.807, 2.05) is 48.5 Å². The van der Waals surface area contributed by atoms with Crippen molar-refractivity contribution in [2.75, 3.05) is 13.7 Å². The number of hydrogen-bond donors (Lipinski definition) is 2. The summed E-state index contributed by atoms with van der Waals surface area (Å²) in [7, 11) is 1.66. The summed E-state index contributed by atoms with van der Waals surface area (Å²) >= 11 is 1.53. The lowest BCUT2D eigenvalue weighted by Crippen LogP contribution is -2.35. The van der Waals surface area contributed by atoms with E-state index in [4.69, 9.17) is 4.74 Å². The number of ether oxygens (including phenoxy) is 1. The molecule has 0 amide bonds. The van der Waals surface area contributed by atoms with Crippen LogP contribution in [0.5, 0.6) is 5.75 Å². The van der Waals surface area contributed by atoms with Gasteiger partial charge in [0, 0.05) is 11.1 Å². The standard InChI is InChI=1S/C25H31N3O3S/c1-3-4-5-6-7-16-31-21-14-12-20(13-15-21)24-28-27-23(32-24)19-10-8-18(9-11-19)17-22(26-2)25(29)30/h8-15,22,26H,3-7,16-17H2,1-2H3,(H,29,30). The third-order valence-corrected chi connectivity index (χ3v) is 6.35. The average Bonchev–Trinajstić information content (AvgIpc) is 3.30. The normalized spacial score (nSPS) is 11.9. The number of likely N-dealkylation sites (N-methyl/N-ethyl adjacent to an activating group) is 1. The Labute approximate surface area is 193 Å². The number of unbranched alkanes of at least 4 members (excludes halogenated alkanes) is 4. The number of carbonyl (C=O) groups is 1. The Kier molecular flexibility index (Phi) is 9.19. The van der Waals surface area contributed by atoms with Crippen molar-refractivity contribution in [1.82, 2.24) is 15.5 Å². The molecule has 0 fully saturated rings. The molecule has 0 saturated heterocycles. The Hall–Kier alpha value is -2.77. The third kappa shape index (κ3) is 6.87. The van der Waals surface area contributed by atoms with Crippen LogP contribution in [0.25, 0.3) is 21.1 Å². The molecule has 3 rings (SSSR count). The SMILES string of the molecule is CCCCCCCOc1ccc(-c2nnc(-c3ccc(CC(NC)C(=O)O)cc3)s2)cc1. The van der Waals surface area contributed by atoms with E-state index >= 15 is 0 Å². The van der Waals surface area contributed by atoms with Crippen LogP contribution >= 0.6 is 11.3 Å². The van der Waals surface area contributed by atoms with E-state index < -0.39 is 12.0 Å². The van der Waals surface area contributed by atoms with Gasteiger partial charge in [-0.2, -0.15) is 0 Å². The van der Waals surface area contributed by atoms with Crippen molar-refractivity contribution in [2.24, 2.45) is 0 Å². The van der Waals surface area contributed by atoms with Gasteiger partial charge in [-0.25, -0.2) is 0 Å². The molecule has 2 aromatic carbocycles. The predicted octanol–water partition coefficient (Wildman–Crippen LogP) is 5.44. The summed E-state index contributed by atoms with van der Waals surface area (Å²) < 4.78 is 5.84. The second kappa shape index (κ2) is 12.3. The van der Waals surface area contributed by atoms with Crippen molar-refractivity contribution in [3.63, 3.8) is 0 Å². The first-order chi connectivity index (χ1) is 15.6. The second-order valence-corrected chi connectivity index (χ2v) is 8.76. The van der Waals surface area contributed by atoms with Gasteiger partial charge in [-0.15, -0.1) is 10.2 Å². The first kappa shape index (κ1) is 23.9. The number of nitrogens with zero attached hydrogens (tertiary/aromatic N) is 2. The van der Waals surface area contributed by atoms with E-state index in [-0.39, 0.29) is 0 Å². The Morgan fingerprint density at radius 3 is 2.12 bits per heavy atom. The summed E-state index contributed by atoms with van der Waals surface area (Å²) in [6.45, 7) is 2.97. The summed E-state index contributed by atoms with van der Waals surface area (Å²) in [6, 6.07) is 15.2. The Bertz CT molecular complexity index is 971. The third-order valence-electron chi connectivity index (χ3n) is 5.33. The first-order valence-electron chi connectivity index (χ1n) is 11.2. The molecule has 7 heteroatoms. The molecule has 0 aliphatic carbocycles. The molecular weight excluding hydrogens is 422 g/mol. The summed E-state index contributed by atoms with van der Waals surface area (Å²) in [5.74, 6) is 0.0273. The quantitative estimate of drug-likeness (QED) is 0.335. The summed E-state index contributed by atoms with van der Waals surface area (Å²) in [4.78, 5) is 11.2. The van der Waals surface area contributed by atoms with Crippen LogP contribution in [-0.4, -0.2) is 41.0 Å². The molecule has 0 radical (unpaired) electrons. The lowest BCUT2D eigenvalue weighted by Gasteiger charge is -2.11. The van der Waals surface area contributed by atoms with E-state index in [2.05, 4.69) is 22.4 Å². The van der Waals surface area contributed by atoms with Crippen molar-refractivity contribution >= 4 is 17.3 Å². The molecule has 32 heavy (non-hydrogen) atoms. The van der Waals surface area contributed by atoms with Crippen molar-refractivity contribution in [3.8, 4) is 26.9 Å². The van der Waals surface area contributed by atoms with Crippen LogP contribution in [0.2, 0.25) is 0 Å². The Morgan fingerprint density at radius 2 is 1.56 bits per heavy atom. The van der Waals surface area contributed by atoms with Gasteiger partial charge in [-0.1, -0.05) is 68.2 Å². The Balaban J connectivity index is 1.56. The maximum absolute atomic E-state index is 11.2. The predicted molar refractivity (Wildman–Crippen MR) is 129 cm³/mol. The largest absolute Gasteiger partial charge is 0.494 e. The first-order valence-corrected chi connectivity index (χ1v) is 12.0. The van der Waals surface area contributed by atoms with Gasteiger partial charge in [0.15, 0.2) is 0 Å². The number of hydrogen-bond acceptors (Lipinski definition) is 6. The highest BCUT2D eigenvalue weighted by Gasteiger charge is 2.15. The zero-order chi connectivity index (χ0) is 22.8. The smallest absolute Gasteiger partial charge is 0.321 e. The van der Waals surface area contributed by atoms with E-state index in [9.17, 15) is 9.90 Å². The van der Waals surface area contributed by atoms with Crippen LogP contribution in [0, 0.1) is 0 Å². The molecule has 0 aliphatic rings. The van der Waals surface area contributed by atoms with Gasteiger partial charge in [0.25, 0.3) is 0 Å². The minimum atomic E-state index is -0.853. The maximum Gasteiger partial charge on any atom is 0.321 e. The second-order valence-electron chi connectivity index (χ2n) is 7.78. The van der Waals surface area contributed by atoms with Crippen molar-refractivity contribution in [1.29, 1.82) is 0 Å². The van der Waals surface area contributed by atoms with Gasteiger partial charge >= 0.3 is 5.97 Å². The molecule has 1 unspecified atom stereocenters. The molecule has 6 nitrogen and oxygen atoms in total. The minimum Gasteiger partial charge on any atom is -0.494 e. The lowest BCUT2D eigenvalue weighted by molar-refractivity contribution is -0.139. The van der Waals surface area contributed by atoms with Gasteiger partial charge in [-0.3, -0.25) is 4.79 Å². The van der Waals surface area contributed by atoms with Crippen LogP contribution < -0.4 is 10.1 Å². The van der Waals surface area contributed by atoms with Crippen LogP contribution in [0.15, 0.2) is 48.5 Å². The van der Waals surface area contributed by atoms with Gasteiger partial charge in [0.2, 0.25) is 0 Å². The number of carboxylic acid groups (broad SMARTS) is 1. The fourth-order valence-electron chi connectivity index (χ4n) is 3.38. The zero-order valence-corrected chi connectivity index (χ0v) is 19.5. The van der Waals surface area contributed by atoms with E-state index in [0.717, 1.165) is 45.5 Å². The summed E-state index contributed by atoms with van der Waals surface area (Å²) in [5, 5.41) is 22.4. The number of rotatable bonds is 13. The molecule has 0 spiro atoms. The molecule has 3 aromatic rings. The molecule has 1 heterocycles. The molecule has 1 atom stereocenters. The average molecular weight is 454 g/mol. The van der Waals surface area contributed by atoms with Crippen LogP contribution in [0.3, 0.4) is 0 Å². The molecule has 0 bridgehead atoms. The maximum atomic E-state index is 11.2. The molecule has 2 N–H and O–H groups in total. The molecule has 170 valence electrons. The fraction of sp³-hybridized carbons (Fsp3) is 0.400. The molecular formula is C25H31N3O3S. The highest BCUT2D eigenvalue weighted by atomic mass is 32.1. The van der Waals surface area contributed by atoms with E-state index in [1.54, 1.807) is 7.05 Å². The lowest BCUT2D eigenvalue weighted by atomic mass is 10.0. The summed E-state index contributed by atoms with van der Waals surface area (Å²) in [5.41, 5.74) is 2.94. The fourth-order valence-corrected chi connectivity index (χ4v) is 4.23. The number of nitrogens with one attached hydrogen (secondary N) is 1. The molecule has 1 aromatic heterocycles. The highest BCUT2D eigenvalue weighted by Crippen LogP contribution is 2.31. The van der Waals surface area contributed by atoms with Gasteiger partial charge < -0.3 is 15.2 Å².